The predicted molar refractivity (Wildman–Crippen MR) is 71.8 cm³/mol. The molecule has 1 atom stereocenters. The average molecular weight is 290 g/mol. The van der Waals surface area contributed by atoms with E-state index in [0.29, 0.717) is 16.7 Å². The molecule has 1 unspecified atom stereocenters. The smallest absolute Gasteiger partial charge is 0.222 e. The number of hydrogen-bond donors (Lipinski definition) is 0. The van der Waals surface area contributed by atoms with Crippen molar-refractivity contribution in [3.05, 3.63) is 0 Å². The van der Waals surface area contributed by atoms with Gasteiger partial charge in [-0.05, 0) is 25.2 Å². The fraction of sp³-hybridized carbons (Fsp3) is 0.923. The number of alkyl halides is 1. The number of amides is 1. The van der Waals surface area contributed by atoms with Gasteiger partial charge in [-0.15, -0.1) is 0 Å². The molecule has 94 valence electrons. The van der Waals surface area contributed by atoms with Crippen molar-refractivity contribution < 1.29 is 4.79 Å². The lowest BCUT2D eigenvalue weighted by molar-refractivity contribution is -0.131. The molecule has 0 aliphatic heterocycles. The van der Waals surface area contributed by atoms with Crippen molar-refractivity contribution in [3.63, 3.8) is 0 Å². The monoisotopic (exact) mass is 289 g/mol. The highest BCUT2D eigenvalue weighted by atomic mass is 79.9. The first kappa shape index (κ1) is 14.0. The molecule has 1 aliphatic carbocycles. The van der Waals surface area contributed by atoms with E-state index in [0.717, 1.165) is 19.4 Å². The fourth-order valence-electron chi connectivity index (χ4n) is 2.29. The van der Waals surface area contributed by atoms with Gasteiger partial charge in [0.15, 0.2) is 0 Å². The molecule has 0 heterocycles. The zero-order valence-corrected chi connectivity index (χ0v) is 12.1. The molecule has 1 rings (SSSR count). The van der Waals surface area contributed by atoms with Crippen LogP contribution in [-0.2, 0) is 4.79 Å². The van der Waals surface area contributed by atoms with Gasteiger partial charge in [0.25, 0.3) is 0 Å². The number of carbonyl (C=O) groups excluding carboxylic acids is 1. The van der Waals surface area contributed by atoms with E-state index in [1.54, 1.807) is 0 Å². The summed E-state index contributed by atoms with van der Waals surface area (Å²) in [4.78, 5) is 14.3. The molecule has 0 saturated heterocycles. The second-order valence-electron chi connectivity index (χ2n) is 5.09. The van der Waals surface area contributed by atoms with Crippen molar-refractivity contribution in [3.8, 4) is 0 Å². The lowest BCUT2D eigenvalue weighted by Gasteiger charge is -2.24. The van der Waals surface area contributed by atoms with Gasteiger partial charge in [-0.2, -0.15) is 0 Å². The Labute approximate surface area is 108 Å². The van der Waals surface area contributed by atoms with Gasteiger partial charge < -0.3 is 4.90 Å². The maximum absolute atomic E-state index is 11.9. The van der Waals surface area contributed by atoms with Crippen molar-refractivity contribution in [2.75, 3.05) is 13.6 Å². The Morgan fingerprint density at radius 2 is 2.00 bits per heavy atom. The molecule has 0 bridgehead atoms. The number of nitrogens with zero attached hydrogens (tertiary/aromatic N) is 1. The summed E-state index contributed by atoms with van der Waals surface area (Å²) in [6, 6.07) is 0. The molecular weight excluding hydrogens is 266 g/mol. The first-order valence-corrected chi connectivity index (χ1v) is 7.39. The molecule has 2 nitrogen and oxygen atoms in total. The third kappa shape index (κ3) is 5.33. The predicted octanol–water partition coefficient (Wildman–Crippen LogP) is 3.59. The van der Waals surface area contributed by atoms with E-state index in [-0.39, 0.29) is 0 Å². The summed E-state index contributed by atoms with van der Waals surface area (Å²) in [5, 5.41) is 0. The van der Waals surface area contributed by atoms with Crippen LogP contribution in [0, 0.1) is 5.92 Å². The van der Waals surface area contributed by atoms with Crippen molar-refractivity contribution in [2.45, 2.75) is 56.7 Å². The Kier molecular flexibility index (Phi) is 6.40. The van der Waals surface area contributed by atoms with Crippen LogP contribution < -0.4 is 0 Å². The van der Waals surface area contributed by atoms with Crippen molar-refractivity contribution in [1.29, 1.82) is 0 Å². The Morgan fingerprint density at radius 3 is 2.56 bits per heavy atom. The summed E-state index contributed by atoms with van der Waals surface area (Å²) in [5.41, 5.74) is 0. The fourth-order valence-corrected chi connectivity index (χ4v) is 2.50. The van der Waals surface area contributed by atoms with E-state index in [2.05, 4.69) is 22.9 Å². The van der Waals surface area contributed by atoms with E-state index in [9.17, 15) is 4.79 Å². The molecule has 1 saturated carbocycles. The van der Waals surface area contributed by atoms with E-state index in [4.69, 9.17) is 0 Å². The topological polar surface area (TPSA) is 20.3 Å². The van der Waals surface area contributed by atoms with Gasteiger partial charge in [0.2, 0.25) is 5.91 Å². The molecule has 0 aromatic rings. The zero-order valence-electron chi connectivity index (χ0n) is 10.5. The summed E-state index contributed by atoms with van der Waals surface area (Å²) in [6.45, 7) is 3.00. The maximum atomic E-state index is 11.9. The quantitative estimate of drug-likeness (QED) is 0.709. The van der Waals surface area contributed by atoms with Crippen LogP contribution in [0.1, 0.15) is 51.9 Å². The van der Waals surface area contributed by atoms with Crippen LogP contribution in [0.3, 0.4) is 0 Å². The number of rotatable bonds is 5. The Morgan fingerprint density at radius 1 is 1.38 bits per heavy atom. The second kappa shape index (κ2) is 7.31. The van der Waals surface area contributed by atoms with E-state index < -0.39 is 0 Å². The van der Waals surface area contributed by atoms with Crippen LogP contribution in [0.25, 0.3) is 0 Å². The Balaban J connectivity index is 2.22. The molecule has 16 heavy (non-hydrogen) atoms. The molecule has 0 aromatic heterocycles. The minimum atomic E-state index is 0.333. The summed E-state index contributed by atoms with van der Waals surface area (Å²) in [7, 11) is 1.93. The van der Waals surface area contributed by atoms with Crippen LogP contribution in [0.4, 0.5) is 0 Å². The van der Waals surface area contributed by atoms with Gasteiger partial charge in [0.1, 0.15) is 0 Å². The van der Waals surface area contributed by atoms with Crippen molar-refractivity contribution in [1.82, 2.24) is 4.90 Å². The molecule has 0 radical (unpaired) electrons. The van der Waals surface area contributed by atoms with Crippen LogP contribution in [0.2, 0.25) is 0 Å². The Bertz CT molecular complexity index is 212. The number of carbonyl (C=O) groups is 1. The van der Waals surface area contributed by atoms with Gasteiger partial charge in [-0.1, -0.05) is 42.1 Å². The molecule has 1 fully saturated rings. The third-order valence-electron chi connectivity index (χ3n) is 3.48. The van der Waals surface area contributed by atoms with E-state index in [1.165, 1.54) is 32.1 Å². The molecule has 0 aromatic carbocycles. The second-order valence-corrected chi connectivity index (χ2v) is 6.66. The van der Waals surface area contributed by atoms with E-state index >= 15 is 0 Å². The largest absolute Gasteiger partial charge is 0.346 e. The van der Waals surface area contributed by atoms with Gasteiger partial charge in [-0.25, -0.2) is 0 Å². The summed E-state index contributed by atoms with van der Waals surface area (Å²) >= 11 is 3.51. The SMILES string of the molecule is CC(Br)CCN(C)C(=O)CC1CCCCC1. The lowest BCUT2D eigenvalue weighted by atomic mass is 9.87. The summed E-state index contributed by atoms with van der Waals surface area (Å²) < 4.78 is 0. The lowest BCUT2D eigenvalue weighted by Crippen LogP contribution is -2.30. The summed E-state index contributed by atoms with van der Waals surface area (Å²) in [5.74, 6) is 0.991. The Hall–Kier alpha value is -0.0500. The van der Waals surface area contributed by atoms with E-state index in [1.807, 2.05) is 11.9 Å². The molecule has 1 aliphatic rings. The van der Waals surface area contributed by atoms with Gasteiger partial charge in [0, 0.05) is 24.8 Å². The standard InChI is InChI=1S/C13H24BrNO/c1-11(14)8-9-15(2)13(16)10-12-6-4-3-5-7-12/h11-12H,3-10H2,1-2H3. The maximum Gasteiger partial charge on any atom is 0.222 e. The molecule has 1 amide bonds. The van der Waals surface area contributed by atoms with Gasteiger partial charge in [0.05, 0.1) is 0 Å². The van der Waals surface area contributed by atoms with Gasteiger partial charge in [-0.3, -0.25) is 4.79 Å². The van der Waals surface area contributed by atoms with Crippen LogP contribution in [0.15, 0.2) is 0 Å². The molecule has 0 N–H and O–H groups in total. The van der Waals surface area contributed by atoms with Crippen molar-refractivity contribution >= 4 is 21.8 Å². The third-order valence-corrected chi connectivity index (χ3v) is 3.93. The minimum Gasteiger partial charge on any atom is -0.346 e. The van der Waals surface area contributed by atoms with Gasteiger partial charge >= 0.3 is 0 Å². The molecule has 0 spiro atoms. The zero-order chi connectivity index (χ0) is 12.0. The van der Waals surface area contributed by atoms with Crippen LogP contribution >= 0.6 is 15.9 Å². The highest BCUT2D eigenvalue weighted by molar-refractivity contribution is 9.09. The molecule has 3 heteroatoms. The number of halogens is 1. The average Bonchev–Trinajstić information content (AvgIpc) is 2.27. The highest BCUT2D eigenvalue weighted by Gasteiger charge is 2.19. The highest BCUT2D eigenvalue weighted by Crippen LogP contribution is 2.26. The van der Waals surface area contributed by atoms with Crippen LogP contribution in [0.5, 0.6) is 0 Å². The first-order chi connectivity index (χ1) is 7.59. The first-order valence-electron chi connectivity index (χ1n) is 6.47. The normalized spacial score (nSPS) is 19.4. The van der Waals surface area contributed by atoms with Crippen LogP contribution in [-0.4, -0.2) is 29.2 Å². The number of hydrogen-bond acceptors (Lipinski definition) is 1. The van der Waals surface area contributed by atoms with Crippen molar-refractivity contribution in [2.24, 2.45) is 5.92 Å². The minimum absolute atomic E-state index is 0.333. The summed E-state index contributed by atoms with van der Waals surface area (Å²) in [6.07, 6.45) is 8.32. The molecular formula is C13H24BrNO.